The maximum absolute atomic E-state index is 9.12. The van der Waals surface area contributed by atoms with Crippen LogP contribution < -0.4 is 10.5 Å². The Morgan fingerprint density at radius 3 is 2.85 bits per heavy atom. The van der Waals surface area contributed by atoms with Gasteiger partial charge in [0.05, 0.1) is 19.2 Å². The number of imidazole rings is 1. The van der Waals surface area contributed by atoms with Crippen LogP contribution in [0.4, 0.5) is 5.82 Å². The molecule has 2 N–H and O–H groups in total. The van der Waals surface area contributed by atoms with Gasteiger partial charge in [0.2, 0.25) is 0 Å². The minimum atomic E-state index is 0.367. The maximum Gasteiger partial charge on any atom is 0.136 e. The molecular weight excluding hydrogens is 252 g/mol. The summed E-state index contributed by atoms with van der Waals surface area (Å²) < 4.78 is 6.87. The minimum absolute atomic E-state index is 0.367. The standard InChI is InChI=1S/C15H14N4O/c1-4-7-19-10(2)18-14(15(19)17)11-5-6-13(20-3)12(8-11)9-16/h1,5-6,8H,7,17H2,2-3H3. The van der Waals surface area contributed by atoms with Gasteiger partial charge in [0, 0.05) is 5.56 Å². The molecule has 2 rings (SSSR count). The van der Waals surface area contributed by atoms with Crippen LogP contribution in [0.1, 0.15) is 11.4 Å². The number of hydrogen-bond acceptors (Lipinski definition) is 4. The fourth-order valence-corrected chi connectivity index (χ4v) is 2.03. The van der Waals surface area contributed by atoms with E-state index in [1.165, 1.54) is 7.11 Å². The second-order valence-corrected chi connectivity index (χ2v) is 4.21. The number of benzene rings is 1. The minimum Gasteiger partial charge on any atom is -0.495 e. The van der Waals surface area contributed by atoms with Gasteiger partial charge in [-0.3, -0.25) is 0 Å². The second kappa shape index (κ2) is 5.38. The van der Waals surface area contributed by atoms with E-state index >= 15 is 0 Å². The molecule has 0 saturated carbocycles. The van der Waals surface area contributed by atoms with Crippen molar-refractivity contribution in [3.63, 3.8) is 0 Å². The van der Waals surface area contributed by atoms with E-state index in [1.54, 1.807) is 16.7 Å². The lowest BCUT2D eigenvalue weighted by atomic mass is 10.1. The van der Waals surface area contributed by atoms with Crippen LogP contribution in [0.25, 0.3) is 11.3 Å². The van der Waals surface area contributed by atoms with Crippen molar-refractivity contribution in [1.29, 1.82) is 5.26 Å². The highest BCUT2D eigenvalue weighted by atomic mass is 16.5. The van der Waals surface area contributed by atoms with E-state index in [-0.39, 0.29) is 0 Å². The normalized spacial score (nSPS) is 9.80. The molecule has 100 valence electrons. The van der Waals surface area contributed by atoms with E-state index in [2.05, 4.69) is 17.0 Å². The highest BCUT2D eigenvalue weighted by Gasteiger charge is 2.14. The summed E-state index contributed by atoms with van der Waals surface area (Å²) in [5, 5.41) is 9.12. The molecule has 0 bridgehead atoms. The Hall–Kier alpha value is -2.92. The van der Waals surface area contributed by atoms with Gasteiger partial charge in [-0.05, 0) is 25.1 Å². The number of terminal acetylenes is 1. The molecule has 0 aliphatic heterocycles. The van der Waals surface area contributed by atoms with E-state index in [4.69, 9.17) is 22.2 Å². The Morgan fingerprint density at radius 1 is 1.50 bits per heavy atom. The highest BCUT2D eigenvalue weighted by molar-refractivity contribution is 5.73. The summed E-state index contributed by atoms with van der Waals surface area (Å²) in [7, 11) is 1.52. The number of nitrogens with two attached hydrogens (primary N) is 1. The predicted octanol–water partition coefficient (Wildman–Crippen LogP) is 1.95. The highest BCUT2D eigenvalue weighted by Crippen LogP contribution is 2.29. The van der Waals surface area contributed by atoms with Crippen molar-refractivity contribution in [2.45, 2.75) is 13.5 Å². The first kappa shape index (κ1) is 13.5. The topological polar surface area (TPSA) is 76.9 Å². The second-order valence-electron chi connectivity index (χ2n) is 4.21. The molecule has 0 aliphatic rings. The smallest absolute Gasteiger partial charge is 0.136 e. The van der Waals surface area contributed by atoms with Gasteiger partial charge in [-0.2, -0.15) is 5.26 Å². The SMILES string of the molecule is C#CCn1c(C)nc(-c2ccc(OC)c(C#N)c2)c1N. The van der Waals surface area contributed by atoms with Gasteiger partial charge in [-0.1, -0.05) is 5.92 Å². The Labute approximate surface area is 117 Å². The Morgan fingerprint density at radius 2 is 2.25 bits per heavy atom. The molecule has 0 spiro atoms. The van der Waals surface area contributed by atoms with Crippen molar-refractivity contribution < 1.29 is 4.74 Å². The lowest BCUT2D eigenvalue weighted by Crippen LogP contribution is -2.03. The molecule has 1 aromatic carbocycles. The lowest BCUT2D eigenvalue weighted by Gasteiger charge is -2.06. The lowest BCUT2D eigenvalue weighted by molar-refractivity contribution is 0.413. The molecule has 0 fully saturated rings. The molecule has 0 aliphatic carbocycles. The van der Waals surface area contributed by atoms with Crippen LogP contribution in [0, 0.1) is 30.6 Å². The Balaban J connectivity index is 2.56. The fraction of sp³-hybridized carbons (Fsp3) is 0.200. The van der Waals surface area contributed by atoms with Crippen molar-refractivity contribution in [3.05, 3.63) is 29.6 Å². The Kier molecular flexibility index (Phi) is 3.63. The number of ether oxygens (including phenoxy) is 1. The zero-order chi connectivity index (χ0) is 14.7. The van der Waals surface area contributed by atoms with Gasteiger partial charge >= 0.3 is 0 Å². The Bertz CT molecular complexity index is 732. The summed E-state index contributed by atoms with van der Waals surface area (Å²) in [5.74, 6) is 4.30. The van der Waals surface area contributed by atoms with Gasteiger partial charge in [0.15, 0.2) is 0 Å². The number of rotatable bonds is 3. The third-order valence-corrected chi connectivity index (χ3v) is 3.04. The first-order chi connectivity index (χ1) is 9.62. The van der Waals surface area contributed by atoms with Crippen molar-refractivity contribution in [1.82, 2.24) is 9.55 Å². The summed E-state index contributed by atoms with van der Waals surface area (Å²) >= 11 is 0. The zero-order valence-corrected chi connectivity index (χ0v) is 11.3. The third-order valence-electron chi connectivity index (χ3n) is 3.04. The van der Waals surface area contributed by atoms with Crippen molar-refractivity contribution in [2.75, 3.05) is 12.8 Å². The molecule has 5 nitrogen and oxygen atoms in total. The van der Waals surface area contributed by atoms with Crippen molar-refractivity contribution in [3.8, 4) is 35.4 Å². The molecule has 1 aromatic heterocycles. The van der Waals surface area contributed by atoms with Crippen LogP contribution in [0.2, 0.25) is 0 Å². The van der Waals surface area contributed by atoms with E-state index < -0.39 is 0 Å². The zero-order valence-electron chi connectivity index (χ0n) is 11.3. The third kappa shape index (κ3) is 2.17. The van der Waals surface area contributed by atoms with Crippen LogP contribution in [-0.4, -0.2) is 16.7 Å². The number of methoxy groups -OCH3 is 1. The van der Waals surface area contributed by atoms with Crippen LogP contribution in [0.5, 0.6) is 5.75 Å². The average molecular weight is 266 g/mol. The van der Waals surface area contributed by atoms with E-state index in [0.29, 0.717) is 29.4 Å². The molecule has 20 heavy (non-hydrogen) atoms. The number of aryl methyl sites for hydroxylation is 1. The number of nitrogen functional groups attached to an aromatic ring is 1. The molecular formula is C15H14N4O. The van der Waals surface area contributed by atoms with Crippen molar-refractivity contribution in [2.24, 2.45) is 0 Å². The molecule has 1 heterocycles. The van der Waals surface area contributed by atoms with Crippen LogP contribution in [0.3, 0.4) is 0 Å². The number of aromatic nitrogens is 2. The first-order valence-corrected chi connectivity index (χ1v) is 5.97. The molecule has 2 aromatic rings. The molecule has 5 heteroatoms. The molecule has 0 atom stereocenters. The average Bonchev–Trinajstić information content (AvgIpc) is 2.75. The van der Waals surface area contributed by atoms with Gasteiger partial charge < -0.3 is 15.0 Å². The van der Waals surface area contributed by atoms with E-state index in [9.17, 15) is 0 Å². The van der Waals surface area contributed by atoms with Gasteiger partial charge in [-0.15, -0.1) is 6.42 Å². The van der Waals surface area contributed by atoms with E-state index in [0.717, 1.165) is 11.4 Å². The molecule has 0 saturated heterocycles. The number of nitrogens with zero attached hydrogens (tertiary/aromatic N) is 3. The fourth-order valence-electron chi connectivity index (χ4n) is 2.03. The summed E-state index contributed by atoms with van der Waals surface area (Å²) in [6.45, 7) is 2.21. The largest absolute Gasteiger partial charge is 0.495 e. The van der Waals surface area contributed by atoms with Crippen molar-refractivity contribution >= 4 is 5.82 Å². The maximum atomic E-state index is 9.12. The molecule has 0 amide bonds. The van der Waals surface area contributed by atoms with E-state index in [1.807, 2.05) is 13.0 Å². The van der Waals surface area contributed by atoms with Crippen LogP contribution >= 0.6 is 0 Å². The summed E-state index contributed by atoms with van der Waals surface area (Å²) in [4.78, 5) is 4.42. The van der Waals surface area contributed by atoms with Gasteiger partial charge in [-0.25, -0.2) is 4.98 Å². The summed E-state index contributed by atoms with van der Waals surface area (Å²) in [6.07, 6.45) is 5.32. The van der Waals surface area contributed by atoms with Crippen LogP contribution in [0.15, 0.2) is 18.2 Å². The number of anilines is 1. The number of hydrogen-bond donors (Lipinski definition) is 1. The first-order valence-electron chi connectivity index (χ1n) is 5.97. The number of nitriles is 1. The molecule has 0 radical (unpaired) electrons. The quantitative estimate of drug-likeness (QED) is 0.861. The molecule has 0 unspecified atom stereocenters. The van der Waals surface area contributed by atoms with Crippen LogP contribution in [-0.2, 0) is 6.54 Å². The monoisotopic (exact) mass is 266 g/mol. The van der Waals surface area contributed by atoms with Gasteiger partial charge in [0.25, 0.3) is 0 Å². The summed E-state index contributed by atoms with van der Waals surface area (Å²) in [5.41, 5.74) is 7.90. The van der Waals surface area contributed by atoms with Gasteiger partial charge in [0.1, 0.15) is 29.2 Å². The predicted molar refractivity (Wildman–Crippen MR) is 76.9 cm³/mol. The summed E-state index contributed by atoms with van der Waals surface area (Å²) in [6, 6.07) is 7.34.